The van der Waals surface area contributed by atoms with E-state index in [0.29, 0.717) is 5.92 Å². The lowest BCUT2D eigenvalue weighted by molar-refractivity contribution is 0.112. The summed E-state index contributed by atoms with van der Waals surface area (Å²) < 4.78 is 0. The number of rotatable bonds is 5. The SMILES string of the molecule is CCC/C=C(\c1cc(C=O)ccc1C)C(C)C. The van der Waals surface area contributed by atoms with Crippen LogP contribution in [0.4, 0.5) is 0 Å². The normalized spacial score (nSPS) is 11.9. The smallest absolute Gasteiger partial charge is 0.150 e. The molecule has 0 aliphatic carbocycles. The molecule has 0 aromatic heterocycles. The number of hydrogen-bond acceptors (Lipinski definition) is 1. The average Bonchev–Trinajstić information content (AvgIpc) is 2.31. The van der Waals surface area contributed by atoms with Gasteiger partial charge in [-0.3, -0.25) is 4.79 Å². The quantitative estimate of drug-likeness (QED) is 0.673. The van der Waals surface area contributed by atoms with E-state index in [9.17, 15) is 4.79 Å². The zero-order valence-corrected chi connectivity index (χ0v) is 11.3. The number of carbonyl (C=O) groups is 1. The first-order valence-corrected chi connectivity index (χ1v) is 6.36. The average molecular weight is 230 g/mol. The molecule has 1 rings (SSSR count). The Hall–Kier alpha value is -1.37. The molecule has 17 heavy (non-hydrogen) atoms. The fraction of sp³-hybridized carbons (Fsp3) is 0.438. The van der Waals surface area contributed by atoms with Gasteiger partial charge in [0.25, 0.3) is 0 Å². The van der Waals surface area contributed by atoms with E-state index in [1.54, 1.807) is 0 Å². The third kappa shape index (κ3) is 3.55. The summed E-state index contributed by atoms with van der Waals surface area (Å²) in [6.45, 7) is 8.69. The zero-order chi connectivity index (χ0) is 12.8. The van der Waals surface area contributed by atoms with Crippen LogP contribution in [0.5, 0.6) is 0 Å². The number of benzene rings is 1. The van der Waals surface area contributed by atoms with Crippen LogP contribution < -0.4 is 0 Å². The van der Waals surface area contributed by atoms with Gasteiger partial charge in [-0.25, -0.2) is 0 Å². The van der Waals surface area contributed by atoms with Crippen molar-refractivity contribution >= 4 is 11.9 Å². The van der Waals surface area contributed by atoms with Gasteiger partial charge in [0.15, 0.2) is 0 Å². The minimum atomic E-state index is 0.488. The maximum atomic E-state index is 10.9. The van der Waals surface area contributed by atoms with Crippen LogP contribution in [-0.2, 0) is 0 Å². The molecule has 0 unspecified atom stereocenters. The first kappa shape index (κ1) is 13.7. The van der Waals surface area contributed by atoms with Crippen LogP contribution in [0.15, 0.2) is 24.3 Å². The summed E-state index contributed by atoms with van der Waals surface area (Å²) in [5.74, 6) is 0.488. The molecule has 0 N–H and O–H groups in total. The lowest BCUT2D eigenvalue weighted by Gasteiger charge is -2.15. The van der Waals surface area contributed by atoms with Crippen LogP contribution in [0.3, 0.4) is 0 Å². The molecule has 0 spiro atoms. The molecular weight excluding hydrogens is 208 g/mol. The standard InChI is InChI=1S/C16H22O/c1-5-6-7-15(12(2)3)16-10-14(11-17)9-8-13(16)4/h7-12H,5-6H2,1-4H3/b15-7-. The summed E-state index contributed by atoms with van der Waals surface area (Å²) in [7, 11) is 0. The second-order valence-corrected chi connectivity index (χ2v) is 4.80. The highest BCUT2D eigenvalue weighted by Gasteiger charge is 2.09. The molecule has 0 fully saturated rings. The molecule has 0 heterocycles. The van der Waals surface area contributed by atoms with Gasteiger partial charge in [-0.2, -0.15) is 0 Å². The van der Waals surface area contributed by atoms with Gasteiger partial charge in [-0.1, -0.05) is 45.4 Å². The number of unbranched alkanes of at least 4 members (excludes halogenated alkanes) is 1. The molecule has 0 saturated heterocycles. The molecule has 0 atom stereocenters. The first-order chi connectivity index (χ1) is 8.10. The second-order valence-electron chi connectivity index (χ2n) is 4.80. The lowest BCUT2D eigenvalue weighted by Crippen LogP contribution is -1.98. The van der Waals surface area contributed by atoms with Crippen molar-refractivity contribution in [1.29, 1.82) is 0 Å². The highest BCUT2D eigenvalue weighted by molar-refractivity contribution is 5.79. The Morgan fingerprint density at radius 2 is 2.06 bits per heavy atom. The molecule has 0 aliphatic heterocycles. The molecular formula is C16H22O. The van der Waals surface area contributed by atoms with Gasteiger partial charge < -0.3 is 0 Å². The second kappa shape index (κ2) is 6.39. The van der Waals surface area contributed by atoms with Crippen LogP contribution in [0, 0.1) is 12.8 Å². The Balaban J connectivity index is 3.21. The van der Waals surface area contributed by atoms with E-state index in [1.807, 2.05) is 18.2 Å². The molecule has 0 bridgehead atoms. The summed E-state index contributed by atoms with van der Waals surface area (Å²) in [6.07, 6.45) is 5.48. The lowest BCUT2D eigenvalue weighted by atomic mass is 9.90. The van der Waals surface area contributed by atoms with E-state index >= 15 is 0 Å². The van der Waals surface area contributed by atoms with Gasteiger partial charge in [0.1, 0.15) is 6.29 Å². The van der Waals surface area contributed by atoms with Crippen molar-refractivity contribution in [1.82, 2.24) is 0 Å². The zero-order valence-electron chi connectivity index (χ0n) is 11.3. The van der Waals surface area contributed by atoms with E-state index in [2.05, 4.69) is 33.8 Å². The largest absolute Gasteiger partial charge is 0.298 e. The molecule has 0 aliphatic rings. The highest BCUT2D eigenvalue weighted by Crippen LogP contribution is 2.27. The van der Waals surface area contributed by atoms with Gasteiger partial charge in [-0.05, 0) is 42.0 Å². The summed E-state index contributed by atoms with van der Waals surface area (Å²) in [5, 5.41) is 0. The molecule has 0 amide bonds. The Kier molecular flexibility index (Phi) is 5.14. The summed E-state index contributed by atoms with van der Waals surface area (Å²) in [6, 6.07) is 5.91. The molecule has 1 aromatic rings. The molecule has 1 heteroatoms. The molecule has 1 aromatic carbocycles. The number of hydrogen-bond donors (Lipinski definition) is 0. The Morgan fingerprint density at radius 3 is 2.59 bits per heavy atom. The number of aryl methyl sites for hydroxylation is 1. The van der Waals surface area contributed by atoms with E-state index in [4.69, 9.17) is 0 Å². The van der Waals surface area contributed by atoms with Crippen LogP contribution in [0.2, 0.25) is 0 Å². The summed E-state index contributed by atoms with van der Waals surface area (Å²) in [4.78, 5) is 10.9. The van der Waals surface area contributed by atoms with Crippen molar-refractivity contribution in [3.05, 3.63) is 41.0 Å². The number of carbonyl (C=O) groups excluding carboxylic acids is 1. The van der Waals surface area contributed by atoms with Gasteiger partial charge in [0.05, 0.1) is 0 Å². The third-order valence-corrected chi connectivity index (χ3v) is 2.98. The van der Waals surface area contributed by atoms with Crippen LogP contribution >= 0.6 is 0 Å². The topological polar surface area (TPSA) is 17.1 Å². The fourth-order valence-corrected chi connectivity index (χ4v) is 1.98. The maximum absolute atomic E-state index is 10.9. The van der Waals surface area contributed by atoms with Crippen LogP contribution in [0.25, 0.3) is 5.57 Å². The Morgan fingerprint density at radius 1 is 1.35 bits per heavy atom. The Bertz CT molecular complexity index is 414. The predicted molar refractivity (Wildman–Crippen MR) is 74.3 cm³/mol. The minimum absolute atomic E-state index is 0.488. The van der Waals surface area contributed by atoms with Gasteiger partial charge >= 0.3 is 0 Å². The van der Waals surface area contributed by atoms with E-state index in [0.717, 1.165) is 24.7 Å². The van der Waals surface area contributed by atoms with Gasteiger partial charge in [0.2, 0.25) is 0 Å². The van der Waals surface area contributed by atoms with Crippen molar-refractivity contribution < 1.29 is 4.79 Å². The van der Waals surface area contributed by atoms with E-state index in [1.165, 1.54) is 16.7 Å². The first-order valence-electron chi connectivity index (χ1n) is 6.36. The van der Waals surface area contributed by atoms with E-state index < -0.39 is 0 Å². The van der Waals surface area contributed by atoms with Crippen molar-refractivity contribution in [2.24, 2.45) is 5.92 Å². The highest BCUT2D eigenvalue weighted by atomic mass is 16.1. The van der Waals surface area contributed by atoms with Crippen molar-refractivity contribution in [3.8, 4) is 0 Å². The summed E-state index contributed by atoms with van der Waals surface area (Å²) in [5.41, 5.74) is 4.58. The monoisotopic (exact) mass is 230 g/mol. The number of allylic oxidation sites excluding steroid dienone is 2. The van der Waals surface area contributed by atoms with Gasteiger partial charge in [0, 0.05) is 5.56 Å². The van der Waals surface area contributed by atoms with Crippen molar-refractivity contribution in [3.63, 3.8) is 0 Å². The van der Waals surface area contributed by atoms with E-state index in [-0.39, 0.29) is 0 Å². The van der Waals surface area contributed by atoms with Crippen LogP contribution in [-0.4, -0.2) is 6.29 Å². The molecule has 1 nitrogen and oxygen atoms in total. The van der Waals surface area contributed by atoms with Crippen LogP contribution in [0.1, 0.15) is 55.1 Å². The van der Waals surface area contributed by atoms with Crippen molar-refractivity contribution in [2.75, 3.05) is 0 Å². The maximum Gasteiger partial charge on any atom is 0.150 e. The molecule has 92 valence electrons. The molecule has 0 saturated carbocycles. The fourth-order valence-electron chi connectivity index (χ4n) is 1.98. The number of aldehydes is 1. The summed E-state index contributed by atoms with van der Waals surface area (Å²) >= 11 is 0. The molecule has 0 radical (unpaired) electrons. The third-order valence-electron chi connectivity index (χ3n) is 2.98. The minimum Gasteiger partial charge on any atom is -0.298 e. The van der Waals surface area contributed by atoms with Gasteiger partial charge in [-0.15, -0.1) is 0 Å². The van der Waals surface area contributed by atoms with Crippen molar-refractivity contribution in [2.45, 2.75) is 40.5 Å². The Labute approximate surface area is 105 Å². The predicted octanol–water partition coefficient (Wildman–Crippen LogP) is 4.65.